The van der Waals surface area contributed by atoms with Crippen molar-refractivity contribution in [1.82, 2.24) is 20.2 Å². The van der Waals surface area contributed by atoms with E-state index in [1.807, 2.05) is 32.0 Å². The zero-order valence-electron chi connectivity index (χ0n) is 12.3. The lowest BCUT2D eigenvalue weighted by Crippen LogP contribution is -2.13. The van der Waals surface area contributed by atoms with Crippen molar-refractivity contribution in [2.24, 2.45) is 0 Å². The second kappa shape index (κ2) is 5.77. The lowest BCUT2D eigenvalue weighted by molar-refractivity contribution is 0.102. The largest absolute Gasteiger partial charge is 0.322 e. The second-order valence-electron chi connectivity index (χ2n) is 5.00. The van der Waals surface area contributed by atoms with Crippen LogP contribution < -0.4 is 5.32 Å². The topological polar surface area (TPSA) is 72.7 Å². The number of carbonyl (C=O) groups is 1. The predicted octanol–water partition coefficient (Wildman–Crippen LogP) is 2.53. The van der Waals surface area contributed by atoms with Gasteiger partial charge in [0, 0.05) is 11.3 Å². The highest BCUT2D eigenvalue weighted by molar-refractivity contribution is 6.04. The summed E-state index contributed by atoms with van der Waals surface area (Å²) in [5.41, 5.74) is 4.42. The van der Waals surface area contributed by atoms with Gasteiger partial charge in [-0.3, -0.25) is 4.79 Å². The molecule has 110 valence electrons. The van der Waals surface area contributed by atoms with Crippen molar-refractivity contribution >= 4 is 11.6 Å². The molecular formula is C16H15N5O. The molecule has 0 fully saturated rings. The Morgan fingerprint density at radius 2 is 1.86 bits per heavy atom. The van der Waals surface area contributed by atoms with Crippen LogP contribution in [0.3, 0.4) is 0 Å². The monoisotopic (exact) mass is 293 g/mol. The first-order chi connectivity index (χ1) is 10.6. The molecule has 0 saturated carbocycles. The van der Waals surface area contributed by atoms with Gasteiger partial charge in [-0.1, -0.05) is 12.1 Å². The lowest BCUT2D eigenvalue weighted by Gasteiger charge is -2.10. The molecule has 3 aromatic rings. The number of hydrogen-bond donors (Lipinski definition) is 1. The van der Waals surface area contributed by atoms with Gasteiger partial charge in [-0.2, -0.15) is 0 Å². The molecule has 1 heterocycles. The molecular weight excluding hydrogens is 278 g/mol. The fraction of sp³-hybridized carbons (Fsp3) is 0.125. The molecule has 0 aliphatic rings. The van der Waals surface area contributed by atoms with Crippen LogP contribution in [-0.2, 0) is 0 Å². The number of benzene rings is 2. The minimum absolute atomic E-state index is 0.142. The summed E-state index contributed by atoms with van der Waals surface area (Å²) in [5.74, 6) is -0.142. The number of rotatable bonds is 3. The molecule has 3 rings (SSSR count). The number of aryl methyl sites for hydroxylation is 1. The molecule has 0 atom stereocenters. The van der Waals surface area contributed by atoms with Gasteiger partial charge in [-0.25, -0.2) is 4.68 Å². The standard InChI is InChI=1S/C16H15N5O/c1-11-4-3-5-15(12(11)2)18-16(22)13-6-8-14(9-7-13)21-10-17-19-20-21/h3-10H,1-2H3,(H,18,22). The van der Waals surface area contributed by atoms with Crippen LogP contribution in [0.15, 0.2) is 48.8 Å². The van der Waals surface area contributed by atoms with Crippen LogP contribution in [0, 0.1) is 13.8 Å². The SMILES string of the molecule is Cc1cccc(NC(=O)c2ccc(-n3cnnn3)cc2)c1C. The van der Waals surface area contributed by atoms with Gasteiger partial charge in [0.2, 0.25) is 0 Å². The highest BCUT2D eigenvalue weighted by Crippen LogP contribution is 2.19. The average Bonchev–Trinajstić information content (AvgIpc) is 3.06. The summed E-state index contributed by atoms with van der Waals surface area (Å²) in [6.45, 7) is 4.01. The van der Waals surface area contributed by atoms with E-state index < -0.39 is 0 Å². The minimum Gasteiger partial charge on any atom is -0.322 e. The van der Waals surface area contributed by atoms with E-state index in [0.717, 1.165) is 22.5 Å². The maximum atomic E-state index is 12.3. The Kier molecular flexibility index (Phi) is 3.65. The molecule has 1 amide bonds. The Bertz CT molecular complexity index is 794. The molecule has 0 bridgehead atoms. The fourth-order valence-corrected chi connectivity index (χ4v) is 2.13. The summed E-state index contributed by atoms with van der Waals surface area (Å²) in [6.07, 6.45) is 1.51. The smallest absolute Gasteiger partial charge is 0.255 e. The Labute approximate surface area is 127 Å². The van der Waals surface area contributed by atoms with Gasteiger partial charge in [0.15, 0.2) is 0 Å². The molecule has 0 saturated heterocycles. The Balaban J connectivity index is 1.79. The maximum absolute atomic E-state index is 12.3. The van der Waals surface area contributed by atoms with Gasteiger partial charge in [-0.15, -0.1) is 5.10 Å². The molecule has 0 radical (unpaired) electrons. The zero-order valence-corrected chi connectivity index (χ0v) is 12.3. The van der Waals surface area contributed by atoms with Gasteiger partial charge in [0.25, 0.3) is 5.91 Å². The first kappa shape index (κ1) is 13.9. The van der Waals surface area contributed by atoms with E-state index in [4.69, 9.17) is 0 Å². The number of anilines is 1. The Morgan fingerprint density at radius 3 is 2.55 bits per heavy atom. The molecule has 0 unspecified atom stereocenters. The number of nitrogens with one attached hydrogen (secondary N) is 1. The summed E-state index contributed by atoms with van der Waals surface area (Å²) in [5, 5.41) is 13.9. The Hall–Kier alpha value is -3.02. The van der Waals surface area contributed by atoms with Crippen LogP contribution in [-0.4, -0.2) is 26.1 Å². The lowest BCUT2D eigenvalue weighted by atomic mass is 10.1. The molecule has 22 heavy (non-hydrogen) atoms. The van der Waals surface area contributed by atoms with Crippen molar-refractivity contribution in [1.29, 1.82) is 0 Å². The van der Waals surface area contributed by atoms with Gasteiger partial charge >= 0.3 is 0 Å². The summed E-state index contributed by atoms with van der Waals surface area (Å²) in [6, 6.07) is 12.9. The van der Waals surface area contributed by atoms with Gasteiger partial charge in [-0.05, 0) is 65.7 Å². The minimum atomic E-state index is -0.142. The number of tetrazole rings is 1. The van der Waals surface area contributed by atoms with E-state index in [1.165, 1.54) is 11.0 Å². The summed E-state index contributed by atoms with van der Waals surface area (Å²) in [4.78, 5) is 12.3. The highest BCUT2D eigenvalue weighted by atomic mass is 16.1. The highest BCUT2D eigenvalue weighted by Gasteiger charge is 2.09. The van der Waals surface area contributed by atoms with Crippen molar-refractivity contribution in [3.63, 3.8) is 0 Å². The quantitative estimate of drug-likeness (QED) is 0.805. The van der Waals surface area contributed by atoms with Crippen molar-refractivity contribution in [2.45, 2.75) is 13.8 Å². The predicted molar refractivity (Wildman–Crippen MR) is 83.0 cm³/mol. The number of aromatic nitrogens is 4. The van der Waals surface area contributed by atoms with Crippen LogP contribution >= 0.6 is 0 Å². The van der Waals surface area contributed by atoms with Crippen LogP contribution in [0.2, 0.25) is 0 Å². The third-order valence-corrected chi connectivity index (χ3v) is 3.60. The van der Waals surface area contributed by atoms with Gasteiger partial charge in [0.1, 0.15) is 6.33 Å². The normalized spacial score (nSPS) is 10.5. The number of amides is 1. The summed E-state index contributed by atoms with van der Waals surface area (Å²) in [7, 11) is 0. The fourth-order valence-electron chi connectivity index (χ4n) is 2.13. The summed E-state index contributed by atoms with van der Waals surface area (Å²) < 4.78 is 1.53. The third kappa shape index (κ3) is 2.71. The molecule has 0 spiro atoms. The second-order valence-corrected chi connectivity index (χ2v) is 5.00. The Morgan fingerprint density at radius 1 is 1.09 bits per heavy atom. The number of carbonyl (C=O) groups excluding carboxylic acids is 1. The van der Waals surface area contributed by atoms with Gasteiger partial charge in [0.05, 0.1) is 5.69 Å². The molecule has 0 aliphatic carbocycles. The van der Waals surface area contributed by atoms with Crippen molar-refractivity contribution in [3.8, 4) is 5.69 Å². The molecule has 6 heteroatoms. The van der Waals surface area contributed by atoms with Crippen LogP contribution in [0.4, 0.5) is 5.69 Å². The first-order valence-electron chi connectivity index (χ1n) is 6.86. The van der Waals surface area contributed by atoms with Crippen LogP contribution in [0.1, 0.15) is 21.5 Å². The molecule has 2 aromatic carbocycles. The van der Waals surface area contributed by atoms with Gasteiger partial charge < -0.3 is 5.32 Å². The molecule has 6 nitrogen and oxygen atoms in total. The number of hydrogen-bond acceptors (Lipinski definition) is 4. The summed E-state index contributed by atoms with van der Waals surface area (Å²) >= 11 is 0. The van der Waals surface area contributed by atoms with E-state index in [2.05, 4.69) is 20.8 Å². The van der Waals surface area contributed by atoms with Crippen molar-refractivity contribution in [2.75, 3.05) is 5.32 Å². The first-order valence-corrected chi connectivity index (χ1v) is 6.86. The zero-order chi connectivity index (χ0) is 15.5. The van der Waals surface area contributed by atoms with E-state index >= 15 is 0 Å². The van der Waals surface area contributed by atoms with E-state index in [1.54, 1.807) is 24.3 Å². The van der Waals surface area contributed by atoms with Crippen LogP contribution in [0.25, 0.3) is 5.69 Å². The van der Waals surface area contributed by atoms with Crippen molar-refractivity contribution < 1.29 is 4.79 Å². The third-order valence-electron chi connectivity index (χ3n) is 3.60. The van der Waals surface area contributed by atoms with E-state index in [0.29, 0.717) is 5.56 Å². The molecule has 0 aliphatic heterocycles. The van der Waals surface area contributed by atoms with E-state index in [9.17, 15) is 4.79 Å². The molecule has 1 aromatic heterocycles. The van der Waals surface area contributed by atoms with Crippen molar-refractivity contribution in [3.05, 3.63) is 65.5 Å². The number of nitrogens with zero attached hydrogens (tertiary/aromatic N) is 4. The average molecular weight is 293 g/mol. The maximum Gasteiger partial charge on any atom is 0.255 e. The molecule has 1 N–H and O–H groups in total. The van der Waals surface area contributed by atoms with Crippen LogP contribution in [0.5, 0.6) is 0 Å². The van der Waals surface area contributed by atoms with E-state index in [-0.39, 0.29) is 5.91 Å².